The summed E-state index contributed by atoms with van der Waals surface area (Å²) < 4.78 is 16.4. The number of hydrogen-bond donors (Lipinski definition) is 2. The van der Waals surface area contributed by atoms with Gasteiger partial charge in [-0.2, -0.15) is 0 Å². The highest BCUT2D eigenvalue weighted by Gasteiger charge is 2.24. The largest absolute Gasteiger partial charge is 0.504 e. The summed E-state index contributed by atoms with van der Waals surface area (Å²) in [7, 11) is 3.19. The smallest absolute Gasteiger partial charge is 0.164 e. The fraction of sp³-hybridized carbons (Fsp3) is 0.294. The molecule has 0 bridgehead atoms. The van der Waals surface area contributed by atoms with E-state index in [1.807, 2.05) is 12.1 Å². The highest BCUT2D eigenvalue weighted by Crippen LogP contribution is 2.40. The first-order valence-electron chi connectivity index (χ1n) is 7.02. The van der Waals surface area contributed by atoms with Crippen LogP contribution in [-0.2, 0) is 6.42 Å². The molecule has 1 aliphatic heterocycles. The van der Waals surface area contributed by atoms with Crippen molar-refractivity contribution in [3.8, 4) is 28.7 Å². The number of ether oxygens (including phenoxy) is 3. The van der Waals surface area contributed by atoms with E-state index in [9.17, 15) is 10.2 Å². The van der Waals surface area contributed by atoms with Gasteiger partial charge in [0, 0.05) is 12.0 Å². The van der Waals surface area contributed by atoms with Gasteiger partial charge in [-0.25, -0.2) is 0 Å². The van der Waals surface area contributed by atoms with Crippen molar-refractivity contribution in [2.75, 3.05) is 20.8 Å². The molecule has 0 aromatic heterocycles. The Hall–Kier alpha value is -2.56. The minimum Gasteiger partial charge on any atom is -0.504 e. The molecule has 0 amide bonds. The summed E-state index contributed by atoms with van der Waals surface area (Å²) in [5.74, 6) is 1.97. The molecule has 2 aromatic rings. The van der Waals surface area contributed by atoms with Crippen LogP contribution in [0.5, 0.6) is 28.7 Å². The summed E-state index contributed by atoms with van der Waals surface area (Å²) in [6, 6.07) is 8.62. The van der Waals surface area contributed by atoms with E-state index in [1.54, 1.807) is 26.4 Å². The van der Waals surface area contributed by atoms with Gasteiger partial charge < -0.3 is 24.4 Å². The maximum Gasteiger partial charge on any atom is 0.164 e. The van der Waals surface area contributed by atoms with Crippen molar-refractivity contribution in [2.24, 2.45) is 0 Å². The molecule has 2 N–H and O–H groups in total. The van der Waals surface area contributed by atoms with Crippen molar-refractivity contribution in [3.05, 3.63) is 41.5 Å². The highest BCUT2D eigenvalue weighted by atomic mass is 16.5. The zero-order valence-corrected chi connectivity index (χ0v) is 12.5. The van der Waals surface area contributed by atoms with Crippen molar-refractivity contribution in [1.82, 2.24) is 0 Å². The number of phenols is 2. The maximum atomic E-state index is 9.65. The Morgan fingerprint density at radius 3 is 2.41 bits per heavy atom. The second-order valence-electron chi connectivity index (χ2n) is 5.28. The van der Waals surface area contributed by atoms with Crippen molar-refractivity contribution < 1.29 is 24.4 Å². The standard InChI is InChI=1S/C17H18O5/c1-20-16-7-11-5-12(9-22-15(11)8-17(16)21-2)10-3-4-13(18)14(19)6-10/h3-4,6-8,12,18-19H,5,9H2,1-2H3. The molecule has 0 radical (unpaired) electrons. The number of hydrogen-bond acceptors (Lipinski definition) is 5. The van der Waals surface area contributed by atoms with Crippen LogP contribution < -0.4 is 14.2 Å². The molecular weight excluding hydrogens is 284 g/mol. The fourth-order valence-electron chi connectivity index (χ4n) is 2.72. The number of phenolic OH excluding ortho intramolecular Hbond substituents is 2. The quantitative estimate of drug-likeness (QED) is 0.853. The molecule has 2 aromatic carbocycles. The van der Waals surface area contributed by atoms with E-state index >= 15 is 0 Å². The van der Waals surface area contributed by atoms with Gasteiger partial charge in [-0.3, -0.25) is 0 Å². The lowest BCUT2D eigenvalue weighted by Gasteiger charge is -2.26. The summed E-state index contributed by atoms with van der Waals surface area (Å²) in [4.78, 5) is 0. The zero-order chi connectivity index (χ0) is 15.7. The molecule has 0 saturated carbocycles. The van der Waals surface area contributed by atoms with Gasteiger partial charge in [-0.1, -0.05) is 6.07 Å². The molecule has 116 valence electrons. The molecule has 22 heavy (non-hydrogen) atoms. The van der Waals surface area contributed by atoms with Crippen LogP contribution in [0.1, 0.15) is 17.0 Å². The van der Waals surface area contributed by atoms with E-state index in [-0.39, 0.29) is 17.4 Å². The van der Waals surface area contributed by atoms with Crippen LogP contribution in [-0.4, -0.2) is 31.0 Å². The lowest BCUT2D eigenvalue weighted by molar-refractivity contribution is 0.258. The van der Waals surface area contributed by atoms with Gasteiger partial charge in [-0.15, -0.1) is 0 Å². The van der Waals surface area contributed by atoms with Crippen LogP contribution in [0, 0.1) is 0 Å². The predicted molar refractivity (Wildman–Crippen MR) is 81.3 cm³/mol. The third kappa shape index (κ3) is 2.50. The summed E-state index contributed by atoms with van der Waals surface area (Å²) in [6.07, 6.45) is 0.764. The molecule has 0 saturated heterocycles. The SMILES string of the molecule is COc1cc2c(cc1OC)OCC(c1ccc(O)c(O)c1)C2. The van der Waals surface area contributed by atoms with Gasteiger partial charge in [0.15, 0.2) is 23.0 Å². The Kier molecular flexibility index (Phi) is 3.71. The van der Waals surface area contributed by atoms with E-state index in [1.165, 1.54) is 6.07 Å². The van der Waals surface area contributed by atoms with Crippen LogP contribution >= 0.6 is 0 Å². The molecule has 1 atom stereocenters. The van der Waals surface area contributed by atoms with Gasteiger partial charge in [0.2, 0.25) is 0 Å². The molecular formula is C17H18O5. The average molecular weight is 302 g/mol. The lowest BCUT2D eigenvalue weighted by Crippen LogP contribution is -2.19. The Bertz CT molecular complexity index is 696. The van der Waals surface area contributed by atoms with Crippen LogP contribution in [0.2, 0.25) is 0 Å². The van der Waals surface area contributed by atoms with Crippen molar-refractivity contribution in [2.45, 2.75) is 12.3 Å². The van der Waals surface area contributed by atoms with E-state index < -0.39 is 0 Å². The third-order valence-electron chi connectivity index (χ3n) is 3.94. The van der Waals surface area contributed by atoms with E-state index in [2.05, 4.69) is 0 Å². The summed E-state index contributed by atoms with van der Waals surface area (Å²) in [6.45, 7) is 0.507. The first-order chi connectivity index (χ1) is 10.6. The normalized spacial score (nSPS) is 16.5. The van der Waals surface area contributed by atoms with Crippen molar-refractivity contribution in [1.29, 1.82) is 0 Å². The predicted octanol–water partition coefficient (Wildman–Crippen LogP) is 2.83. The van der Waals surface area contributed by atoms with Gasteiger partial charge in [0.1, 0.15) is 5.75 Å². The van der Waals surface area contributed by atoms with Gasteiger partial charge in [-0.05, 0) is 35.7 Å². The molecule has 1 unspecified atom stereocenters. The monoisotopic (exact) mass is 302 g/mol. The molecule has 3 rings (SSSR count). The number of benzene rings is 2. The molecule has 5 heteroatoms. The molecule has 0 aliphatic carbocycles. The Morgan fingerprint density at radius 1 is 1.00 bits per heavy atom. The Morgan fingerprint density at radius 2 is 1.73 bits per heavy atom. The Balaban J connectivity index is 1.91. The topological polar surface area (TPSA) is 68.2 Å². The number of fused-ring (bicyclic) bond motifs is 1. The molecule has 0 spiro atoms. The second-order valence-corrected chi connectivity index (χ2v) is 5.28. The lowest BCUT2D eigenvalue weighted by atomic mass is 9.90. The van der Waals surface area contributed by atoms with E-state index in [0.717, 1.165) is 23.3 Å². The fourth-order valence-corrected chi connectivity index (χ4v) is 2.72. The van der Waals surface area contributed by atoms with Crippen LogP contribution in [0.25, 0.3) is 0 Å². The van der Waals surface area contributed by atoms with Gasteiger partial charge in [0.25, 0.3) is 0 Å². The van der Waals surface area contributed by atoms with Gasteiger partial charge >= 0.3 is 0 Å². The molecule has 5 nitrogen and oxygen atoms in total. The number of rotatable bonds is 3. The molecule has 1 aliphatic rings. The minimum absolute atomic E-state index is 0.108. The maximum absolute atomic E-state index is 9.65. The van der Waals surface area contributed by atoms with E-state index in [4.69, 9.17) is 14.2 Å². The number of methoxy groups -OCH3 is 2. The Labute approximate surface area is 128 Å². The van der Waals surface area contributed by atoms with Crippen LogP contribution in [0.4, 0.5) is 0 Å². The van der Waals surface area contributed by atoms with Gasteiger partial charge in [0.05, 0.1) is 20.8 Å². The summed E-state index contributed by atoms with van der Waals surface area (Å²) >= 11 is 0. The first-order valence-corrected chi connectivity index (χ1v) is 7.02. The molecule has 1 heterocycles. The first kappa shape index (κ1) is 14.4. The molecule has 0 fully saturated rings. The highest BCUT2D eigenvalue weighted by molar-refractivity contribution is 5.52. The zero-order valence-electron chi connectivity index (χ0n) is 12.5. The van der Waals surface area contributed by atoms with Crippen LogP contribution in [0.3, 0.4) is 0 Å². The minimum atomic E-state index is -0.118. The van der Waals surface area contributed by atoms with Crippen LogP contribution in [0.15, 0.2) is 30.3 Å². The van der Waals surface area contributed by atoms with Crippen molar-refractivity contribution in [3.63, 3.8) is 0 Å². The average Bonchev–Trinajstić information content (AvgIpc) is 2.55. The van der Waals surface area contributed by atoms with Crippen molar-refractivity contribution >= 4 is 0 Å². The van der Waals surface area contributed by atoms with E-state index in [0.29, 0.717) is 18.1 Å². The summed E-state index contributed by atoms with van der Waals surface area (Å²) in [5.41, 5.74) is 1.96. The number of aromatic hydroxyl groups is 2. The third-order valence-corrected chi connectivity index (χ3v) is 3.94. The second kappa shape index (κ2) is 5.67. The summed E-state index contributed by atoms with van der Waals surface area (Å²) in [5, 5.41) is 19.1.